The first-order chi connectivity index (χ1) is 6.15. The lowest BCUT2D eigenvalue weighted by atomic mass is 10.1. The predicted octanol–water partition coefficient (Wildman–Crippen LogP) is 1.90. The van der Waals surface area contributed by atoms with Crippen molar-refractivity contribution in [1.29, 1.82) is 5.26 Å². The highest BCUT2D eigenvalue weighted by atomic mass is 79.9. The summed E-state index contributed by atoms with van der Waals surface area (Å²) in [6.45, 7) is 0. The van der Waals surface area contributed by atoms with Crippen molar-refractivity contribution in [2.45, 2.75) is 12.5 Å². The molecule has 3 nitrogen and oxygen atoms in total. The molecule has 0 saturated carbocycles. The van der Waals surface area contributed by atoms with Gasteiger partial charge in [0, 0.05) is 22.3 Å². The van der Waals surface area contributed by atoms with Gasteiger partial charge in [0.05, 0.1) is 12.5 Å². The maximum absolute atomic E-state index is 13.0. The quantitative estimate of drug-likeness (QED) is 0.808. The van der Waals surface area contributed by atoms with Gasteiger partial charge >= 0.3 is 0 Å². The highest BCUT2D eigenvalue weighted by Crippen LogP contribution is 2.19. The van der Waals surface area contributed by atoms with Crippen LogP contribution < -0.4 is 5.73 Å². The number of hydrogen-bond donors (Lipinski definition) is 1. The van der Waals surface area contributed by atoms with Crippen LogP contribution in [0.1, 0.15) is 18.0 Å². The molecule has 1 aromatic heterocycles. The summed E-state index contributed by atoms with van der Waals surface area (Å²) in [6, 6.07) is 2.79. The number of nitrogens with two attached hydrogens (primary N) is 1. The molecule has 0 radical (unpaired) electrons. The van der Waals surface area contributed by atoms with E-state index in [2.05, 4.69) is 20.9 Å². The number of hydrogen-bond acceptors (Lipinski definition) is 3. The number of nitriles is 1. The minimum atomic E-state index is -0.619. The Morgan fingerprint density at radius 1 is 1.77 bits per heavy atom. The van der Waals surface area contributed by atoms with Gasteiger partial charge in [-0.25, -0.2) is 4.98 Å². The normalized spacial score (nSPS) is 12.2. The van der Waals surface area contributed by atoms with Crippen LogP contribution in [0.2, 0.25) is 0 Å². The van der Waals surface area contributed by atoms with Crippen molar-refractivity contribution in [2.24, 2.45) is 5.73 Å². The molecule has 0 aliphatic carbocycles. The summed E-state index contributed by atoms with van der Waals surface area (Å²) in [5, 5.41) is 8.37. The van der Waals surface area contributed by atoms with Crippen LogP contribution >= 0.6 is 15.9 Å². The lowest BCUT2D eigenvalue weighted by Gasteiger charge is -2.08. The fourth-order valence-corrected chi connectivity index (χ4v) is 1.26. The molecule has 0 aliphatic heterocycles. The van der Waals surface area contributed by atoms with Crippen LogP contribution in [0.4, 0.5) is 4.39 Å². The third-order valence-electron chi connectivity index (χ3n) is 1.54. The molecule has 0 fully saturated rings. The first-order valence-electron chi connectivity index (χ1n) is 3.58. The van der Waals surface area contributed by atoms with Crippen LogP contribution in [-0.4, -0.2) is 4.98 Å². The Morgan fingerprint density at radius 3 is 3.08 bits per heavy atom. The molecular weight excluding hydrogens is 237 g/mol. The minimum absolute atomic E-state index is 0.0784. The Morgan fingerprint density at radius 2 is 2.46 bits per heavy atom. The topological polar surface area (TPSA) is 62.7 Å². The predicted molar refractivity (Wildman–Crippen MR) is 49.1 cm³/mol. The molecule has 13 heavy (non-hydrogen) atoms. The molecule has 1 rings (SSSR count). The number of aromatic nitrogens is 1. The van der Waals surface area contributed by atoms with Crippen molar-refractivity contribution in [2.75, 3.05) is 0 Å². The van der Waals surface area contributed by atoms with Crippen molar-refractivity contribution in [1.82, 2.24) is 4.98 Å². The summed E-state index contributed by atoms with van der Waals surface area (Å²) < 4.78 is 13.7. The molecule has 2 N–H and O–H groups in total. The third kappa shape index (κ3) is 2.47. The van der Waals surface area contributed by atoms with Crippen LogP contribution in [0.5, 0.6) is 0 Å². The van der Waals surface area contributed by atoms with E-state index >= 15 is 0 Å². The smallest absolute Gasteiger partial charge is 0.217 e. The largest absolute Gasteiger partial charge is 0.323 e. The Kier molecular flexibility index (Phi) is 3.34. The number of pyridine rings is 1. The maximum Gasteiger partial charge on any atom is 0.217 e. The van der Waals surface area contributed by atoms with Crippen molar-refractivity contribution in [3.05, 3.63) is 28.2 Å². The molecular formula is C8H7BrFN3. The van der Waals surface area contributed by atoms with Gasteiger partial charge in [-0.3, -0.25) is 0 Å². The number of rotatable bonds is 2. The third-order valence-corrected chi connectivity index (χ3v) is 1.98. The summed E-state index contributed by atoms with van der Waals surface area (Å²) in [6.07, 6.45) is 1.42. The lowest BCUT2D eigenvalue weighted by Crippen LogP contribution is -2.12. The standard InChI is InChI=1S/C8H7BrFN3/c9-5-3-6(7(12)1-2-11)8(10)13-4-5/h3-4,7H,1,12H2. The highest BCUT2D eigenvalue weighted by Gasteiger charge is 2.12. The van der Waals surface area contributed by atoms with Crippen LogP contribution in [0, 0.1) is 17.3 Å². The zero-order chi connectivity index (χ0) is 9.84. The van der Waals surface area contributed by atoms with Gasteiger partial charge in [0.25, 0.3) is 0 Å². The average Bonchev–Trinajstić information content (AvgIpc) is 2.09. The van der Waals surface area contributed by atoms with Gasteiger partial charge in [-0.1, -0.05) is 0 Å². The molecule has 0 saturated heterocycles. The van der Waals surface area contributed by atoms with Crippen molar-refractivity contribution in [3.8, 4) is 6.07 Å². The summed E-state index contributed by atoms with van der Waals surface area (Å²) in [5.41, 5.74) is 5.81. The fraction of sp³-hybridized carbons (Fsp3) is 0.250. The van der Waals surface area contributed by atoms with Gasteiger partial charge in [-0.2, -0.15) is 9.65 Å². The number of nitrogens with zero attached hydrogens (tertiary/aromatic N) is 2. The fourth-order valence-electron chi connectivity index (χ4n) is 0.907. The molecule has 0 amide bonds. The highest BCUT2D eigenvalue weighted by molar-refractivity contribution is 9.10. The monoisotopic (exact) mass is 243 g/mol. The van der Waals surface area contributed by atoms with Crippen LogP contribution in [0.15, 0.2) is 16.7 Å². The molecule has 1 unspecified atom stereocenters. The first-order valence-corrected chi connectivity index (χ1v) is 4.38. The van der Waals surface area contributed by atoms with Gasteiger partial charge in [0.15, 0.2) is 0 Å². The Balaban J connectivity index is 3.00. The molecule has 0 bridgehead atoms. The Hall–Kier alpha value is -0.990. The molecule has 1 atom stereocenters. The van der Waals surface area contributed by atoms with E-state index in [1.165, 1.54) is 12.3 Å². The van der Waals surface area contributed by atoms with Crippen molar-refractivity contribution >= 4 is 15.9 Å². The SMILES string of the molecule is N#CCC(N)c1cc(Br)cnc1F. The van der Waals surface area contributed by atoms with E-state index in [0.29, 0.717) is 4.47 Å². The van der Waals surface area contributed by atoms with Crippen LogP contribution in [0.3, 0.4) is 0 Å². The first kappa shape index (κ1) is 10.1. The van der Waals surface area contributed by atoms with Gasteiger partial charge in [-0.05, 0) is 22.0 Å². The molecule has 1 aromatic rings. The summed E-state index contributed by atoms with van der Waals surface area (Å²) in [4.78, 5) is 3.48. The van der Waals surface area contributed by atoms with E-state index in [1.54, 1.807) is 0 Å². The lowest BCUT2D eigenvalue weighted by molar-refractivity contribution is 0.546. The van der Waals surface area contributed by atoms with Gasteiger partial charge < -0.3 is 5.73 Å². The Bertz CT molecular complexity index is 348. The van der Waals surface area contributed by atoms with E-state index in [9.17, 15) is 4.39 Å². The van der Waals surface area contributed by atoms with E-state index in [4.69, 9.17) is 11.0 Å². The van der Waals surface area contributed by atoms with E-state index < -0.39 is 12.0 Å². The Labute approximate surface area is 83.5 Å². The number of halogens is 2. The molecule has 68 valence electrons. The average molecular weight is 244 g/mol. The molecule has 5 heteroatoms. The summed E-state index contributed by atoms with van der Waals surface area (Å²) in [5.74, 6) is -0.619. The van der Waals surface area contributed by atoms with Gasteiger partial charge in [0.1, 0.15) is 0 Å². The van der Waals surface area contributed by atoms with Crippen LogP contribution in [-0.2, 0) is 0 Å². The van der Waals surface area contributed by atoms with Gasteiger partial charge in [-0.15, -0.1) is 0 Å². The maximum atomic E-state index is 13.0. The second kappa shape index (κ2) is 4.30. The molecule has 0 spiro atoms. The summed E-state index contributed by atoms with van der Waals surface area (Å²) >= 11 is 3.15. The van der Waals surface area contributed by atoms with E-state index in [1.807, 2.05) is 6.07 Å². The van der Waals surface area contributed by atoms with E-state index in [-0.39, 0.29) is 12.0 Å². The second-order valence-corrected chi connectivity index (χ2v) is 3.42. The second-order valence-electron chi connectivity index (χ2n) is 2.50. The molecule has 0 aliphatic rings. The zero-order valence-corrected chi connectivity index (χ0v) is 8.25. The van der Waals surface area contributed by atoms with Crippen LogP contribution in [0.25, 0.3) is 0 Å². The molecule has 1 heterocycles. The zero-order valence-electron chi connectivity index (χ0n) is 6.67. The van der Waals surface area contributed by atoms with E-state index in [0.717, 1.165) is 0 Å². The van der Waals surface area contributed by atoms with Crippen molar-refractivity contribution in [3.63, 3.8) is 0 Å². The van der Waals surface area contributed by atoms with Gasteiger partial charge in [0.2, 0.25) is 5.95 Å². The summed E-state index contributed by atoms with van der Waals surface area (Å²) in [7, 11) is 0. The minimum Gasteiger partial charge on any atom is -0.323 e. The van der Waals surface area contributed by atoms with Crippen molar-refractivity contribution < 1.29 is 4.39 Å². The molecule has 0 aromatic carbocycles.